The lowest BCUT2D eigenvalue weighted by Crippen LogP contribution is -2.18. The van der Waals surface area contributed by atoms with Crippen molar-refractivity contribution in [1.29, 1.82) is 0 Å². The van der Waals surface area contributed by atoms with Crippen LogP contribution in [0.4, 0.5) is 0 Å². The summed E-state index contributed by atoms with van der Waals surface area (Å²) in [4.78, 5) is 12.1. The third kappa shape index (κ3) is 2.47. The van der Waals surface area contributed by atoms with E-state index in [1.54, 1.807) is 18.7 Å². The number of Topliss-reactive ketones (excluding diaryl/α,β-unsaturated/α-hetero) is 1. The van der Waals surface area contributed by atoms with E-state index in [2.05, 4.69) is 15.3 Å². The van der Waals surface area contributed by atoms with Gasteiger partial charge in [-0.1, -0.05) is 18.2 Å². The summed E-state index contributed by atoms with van der Waals surface area (Å²) in [6, 6.07) is 7.70. The number of methoxy groups -OCH3 is 2. The Morgan fingerprint density at radius 2 is 2.00 bits per heavy atom. The van der Waals surface area contributed by atoms with E-state index in [-0.39, 0.29) is 5.78 Å². The van der Waals surface area contributed by atoms with Crippen LogP contribution in [0.25, 0.3) is 16.8 Å². The van der Waals surface area contributed by atoms with Gasteiger partial charge < -0.3 is 9.47 Å². The molecule has 25 heavy (non-hydrogen) atoms. The Balaban J connectivity index is 2.03. The molecule has 128 valence electrons. The molecule has 2 aromatic heterocycles. The van der Waals surface area contributed by atoms with Gasteiger partial charge in [0.1, 0.15) is 5.75 Å². The molecule has 0 amide bonds. The number of ketones is 1. The molecule has 0 aliphatic heterocycles. The van der Waals surface area contributed by atoms with Crippen molar-refractivity contribution in [2.75, 3.05) is 14.2 Å². The first-order chi connectivity index (χ1) is 12.2. The topological polar surface area (TPSA) is 78.6 Å². The fourth-order valence-corrected chi connectivity index (χ4v) is 3.33. The summed E-state index contributed by atoms with van der Waals surface area (Å²) in [6.45, 7) is 0.333. The second-order valence-corrected chi connectivity index (χ2v) is 5.96. The SMILES string of the molecule is COCc1nn2c3c(nnc2c1-c1ccccc1OC)C(=O)CCC3. The zero-order valence-electron chi connectivity index (χ0n) is 14.2. The van der Waals surface area contributed by atoms with Gasteiger partial charge in [-0.05, 0) is 18.9 Å². The maximum atomic E-state index is 12.1. The Kier molecular flexibility index (Phi) is 3.93. The first kappa shape index (κ1) is 15.7. The third-order valence-electron chi connectivity index (χ3n) is 4.45. The molecule has 0 saturated carbocycles. The van der Waals surface area contributed by atoms with E-state index in [4.69, 9.17) is 9.47 Å². The largest absolute Gasteiger partial charge is 0.496 e. The highest BCUT2D eigenvalue weighted by atomic mass is 16.5. The van der Waals surface area contributed by atoms with Crippen LogP contribution in [0.15, 0.2) is 24.3 Å². The Bertz CT molecular complexity index is 964. The minimum Gasteiger partial charge on any atom is -0.496 e. The summed E-state index contributed by atoms with van der Waals surface area (Å²) in [6.07, 6.45) is 2.07. The number of benzene rings is 1. The third-order valence-corrected chi connectivity index (χ3v) is 4.45. The van der Waals surface area contributed by atoms with Crippen molar-refractivity contribution in [3.63, 3.8) is 0 Å². The van der Waals surface area contributed by atoms with Crippen molar-refractivity contribution in [2.45, 2.75) is 25.9 Å². The van der Waals surface area contributed by atoms with Crippen molar-refractivity contribution < 1.29 is 14.3 Å². The molecule has 0 bridgehead atoms. The van der Waals surface area contributed by atoms with Gasteiger partial charge >= 0.3 is 0 Å². The van der Waals surface area contributed by atoms with Gasteiger partial charge in [-0.3, -0.25) is 4.79 Å². The zero-order valence-corrected chi connectivity index (χ0v) is 14.2. The molecule has 7 heteroatoms. The fourth-order valence-electron chi connectivity index (χ4n) is 3.33. The summed E-state index contributed by atoms with van der Waals surface area (Å²) in [5, 5.41) is 13.2. The molecule has 1 aliphatic carbocycles. The van der Waals surface area contributed by atoms with Gasteiger partial charge in [0.05, 0.1) is 30.7 Å². The summed E-state index contributed by atoms with van der Waals surface area (Å²) in [5.74, 6) is 0.753. The second kappa shape index (κ2) is 6.25. The number of fused-ring (bicyclic) bond motifs is 3. The van der Waals surface area contributed by atoms with Crippen LogP contribution in [-0.4, -0.2) is 39.8 Å². The number of rotatable bonds is 4. The molecule has 0 spiro atoms. The van der Waals surface area contributed by atoms with E-state index >= 15 is 0 Å². The standard InChI is InChI=1S/C18H18N4O3/c1-24-10-12-16(11-6-3-4-9-15(11)25-2)18-20-19-17-13(22(18)21-12)7-5-8-14(17)23/h3-4,6,9H,5,7-8,10H2,1-2H3. The molecule has 3 aromatic rings. The number of hydrogen-bond donors (Lipinski definition) is 0. The number of hydrogen-bond acceptors (Lipinski definition) is 6. The highest BCUT2D eigenvalue weighted by Gasteiger charge is 2.26. The van der Waals surface area contributed by atoms with Crippen molar-refractivity contribution in [3.8, 4) is 16.9 Å². The first-order valence-electron chi connectivity index (χ1n) is 8.17. The van der Waals surface area contributed by atoms with Crippen LogP contribution in [0.1, 0.15) is 34.7 Å². The highest BCUT2D eigenvalue weighted by Crippen LogP contribution is 2.35. The lowest BCUT2D eigenvalue weighted by molar-refractivity contribution is 0.0964. The molecule has 0 N–H and O–H groups in total. The smallest absolute Gasteiger partial charge is 0.186 e. The van der Waals surface area contributed by atoms with Crippen molar-refractivity contribution >= 4 is 11.4 Å². The van der Waals surface area contributed by atoms with Gasteiger partial charge in [-0.25, -0.2) is 4.52 Å². The highest BCUT2D eigenvalue weighted by molar-refractivity contribution is 5.96. The summed E-state index contributed by atoms with van der Waals surface area (Å²) in [5.41, 5.74) is 4.31. The number of ether oxygens (including phenoxy) is 2. The molecule has 0 atom stereocenters. The number of nitrogens with zero attached hydrogens (tertiary/aromatic N) is 4. The van der Waals surface area contributed by atoms with Gasteiger partial charge in [0.25, 0.3) is 0 Å². The van der Waals surface area contributed by atoms with Crippen LogP contribution in [0, 0.1) is 0 Å². The van der Waals surface area contributed by atoms with E-state index in [0.29, 0.717) is 24.4 Å². The molecule has 0 radical (unpaired) electrons. The summed E-state index contributed by atoms with van der Waals surface area (Å²) in [7, 11) is 3.26. The number of carbonyl (C=O) groups excluding carboxylic acids is 1. The Morgan fingerprint density at radius 3 is 2.80 bits per heavy atom. The Morgan fingerprint density at radius 1 is 1.16 bits per heavy atom. The van der Waals surface area contributed by atoms with Gasteiger partial charge in [0.2, 0.25) is 0 Å². The predicted molar refractivity (Wildman–Crippen MR) is 90.8 cm³/mol. The van der Waals surface area contributed by atoms with Crippen molar-refractivity contribution in [2.24, 2.45) is 0 Å². The number of aromatic nitrogens is 4. The van der Waals surface area contributed by atoms with Crippen molar-refractivity contribution in [3.05, 3.63) is 41.3 Å². The minimum absolute atomic E-state index is 0.0262. The van der Waals surface area contributed by atoms with Crippen LogP contribution in [0.2, 0.25) is 0 Å². The maximum Gasteiger partial charge on any atom is 0.186 e. The van der Waals surface area contributed by atoms with E-state index in [1.165, 1.54) is 0 Å². The van der Waals surface area contributed by atoms with E-state index in [0.717, 1.165) is 41.1 Å². The van der Waals surface area contributed by atoms with Crippen LogP contribution >= 0.6 is 0 Å². The molecule has 1 aromatic carbocycles. The predicted octanol–water partition coefficient (Wildman–Crippen LogP) is 2.47. The average Bonchev–Trinajstić information content (AvgIpc) is 3.00. The molecule has 0 saturated heterocycles. The molecule has 7 nitrogen and oxygen atoms in total. The number of aryl methyl sites for hydroxylation is 1. The summed E-state index contributed by atoms with van der Waals surface area (Å²) < 4.78 is 12.6. The number of carbonyl (C=O) groups is 1. The Labute approximate surface area is 144 Å². The van der Waals surface area contributed by atoms with Gasteiger partial charge in [0.15, 0.2) is 17.1 Å². The van der Waals surface area contributed by atoms with Crippen LogP contribution in [0.3, 0.4) is 0 Å². The lowest BCUT2D eigenvalue weighted by Gasteiger charge is -2.13. The van der Waals surface area contributed by atoms with E-state index < -0.39 is 0 Å². The molecule has 2 heterocycles. The first-order valence-corrected chi connectivity index (χ1v) is 8.17. The number of para-hydroxylation sites is 1. The molecular formula is C18H18N4O3. The molecular weight excluding hydrogens is 320 g/mol. The van der Waals surface area contributed by atoms with Crippen LogP contribution < -0.4 is 4.74 Å². The normalized spacial score (nSPS) is 13.9. The maximum absolute atomic E-state index is 12.1. The molecule has 1 aliphatic rings. The quantitative estimate of drug-likeness (QED) is 0.727. The van der Waals surface area contributed by atoms with Gasteiger partial charge in [0, 0.05) is 19.1 Å². The van der Waals surface area contributed by atoms with Crippen LogP contribution in [0.5, 0.6) is 5.75 Å². The van der Waals surface area contributed by atoms with E-state index in [9.17, 15) is 4.79 Å². The monoisotopic (exact) mass is 338 g/mol. The Hall–Kier alpha value is -2.80. The van der Waals surface area contributed by atoms with Gasteiger partial charge in [-0.15, -0.1) is 10.2 Å². The lowest BCUT2D eigenvalue weighted by atomic mass is 9.99. The second-order valence-electron chi connectivity index (χ2n) is 5.96. The molecule has 0 fully saturated rings. The molecule has 0 unspecified atom stereocenters. The van der Waals surface area contributed by atoms with Crippen LogP contribution in [-0.2, 0) is 17.8 Å². The van der Waals surface area contributed by atoms with Gasteiger partial charge in [-0.2, -0.15) is 5.10 Å². The van der Waals surface area contributed by atoms with Crippen molar-refractivity contribution in [1.82, 2.24) is 19.8 Å². The fraction of sp³-hybridized carbons (Fsp3) is 0.333. The zero-order chi connectivity index (χ0) is 17.4. The summed E-state index contributed by atoms with van der Waals surface area (Å²) >= 11 is 0. The average molecular weight is 338 g/mol. The minimum atomic E-state index is 0.0262. The van der Waals surface area contributed by atoms with E-state index in [1.807, 2.05) is 24.3 Å². The molecule has 4 rings (SSSR count).